The van der Waals surface area contributed by atoms with Crippen molar-refractivity contribution in [2.75, 3.05) is 19.8 Å². The molecule has 1 N–H and O–H groups in total. The number of nitriles is 1. The van der Waals surface area contributed by atoms with Crippen molar-refractivity contribution in [2.24, 2.45) is 0 Å². The van der Waals surface area contributed by atoms with Gasteiger partial charge in [-0.1, -0.05) is 52.9 Å². The molecular weight excluding hydrogens is 364 g/mol. The summed E-state index contributed by atoms with van der Waals surface area (Å²) < 4.78 is 11.5. The first-order chi connectivity index (χ1) is 14.2. The Hall–Kier alpha value is -2.48. The molecule has 0 aliphatic heterocycles. The second kappa shape index (κ2) is 15.4. The number of ether oxygens (including phenoxy) is 2. The molecule has 0 bridgehead atoms. The van der Waals surface area contributed by atoms with Gasteiger partial charge in [0.15, 0.2) is 0 Å². The second-order valence-corrected chi connectivity index (χ2v) is 7.09. The summed E-state index contributed by atoms with van der Waals surface area (Å²) in [7, 11) is 0. The van der Waals surface area contributed by atoms with E-state index in [1.807, 2.05) is 31.2 Å². The molecule has 0 unspecified atom stereocenters. The summed E-state index contributed by atoms with van der Waals surface area (Å²) >= 11 is 0. The highest BCUT2D eigenvalue weighted by atomic mass is 16.5. The molecule has 5 heteroatoms. The van der Waals surface area contributed by atoms with Crippen molar-refractivity contribution in [1.29, 1.82) is 5.26 Å². The number of hydrogen-bond donors (Lipinski definition) is 1. The van der Waals surface area contributed by atoms with Crippen LogP contribution in [0.3, 0.4) is 0 Å². The minimum absolute atomic E-state index is 0.0829. The molecule has 0 radical (unpaired) electrons. The number of nitrogens with zero attached hydrogens (tertiary/aromatic N) is 1. The highest BCUT2D eigenvalue weighted by Crippen LogP contribution is 2.27. The fourth-order valence-electron chi connectivity index (χ4n) is 2.79. The van der Waals surface area contributed by atoms with Crippen LogP contribution < -0.4 is 14.8 Å². The van der Waals surface area contributed by atoms with Gasteiger partial charge in [-0.05, 0) is 37.5 Å². The average Bonchev–Trinajstić information content (AvgIpc) is 2.74. The van der Waals surface area contributed by atoms with E-state index < -0.39 is 0 Å². The molecule has 29 heavy (non-hydrogen) atoms. The van der Waals surface area contributed by atoms with E-state index in [1.54, 1.807) is 6.08 Å². The van der Waals surface area contributed by atoms with Crippen molar-refractivity contribution in [1.82, 2.24) is 5.32 Å². The van der Waals surface area contributed by atoms with Crippen molar-refractivity contribution in [2.45, 2.75) is 72.1 Å². The van der Waals surface area contributed by atoms with Crippen LogP contribution in [0.2, 0.25) is 0 Å². The average molecular weight is 401 g/mol. The van der Waals surface area contributed by atoms with Crippen LogP contribution in [0.1, 0.15) is 77.7 Å². The summed E-state index contributed by atoms with van der Waals surface area (Å²) in [4.78, 5) is 12.4. The number of carbonyl (C=O) groups is 1. The van der Waals surface area contributed by atoms with Crippen LogP contribution in [0.4, 0.5) is 0 Å². The van der Waals surface area contributed by atoms with Crippen molar-refractivity contribution in [3.8, 4) is 17.6 Å². The van der Waals surface area contributed by atoms with Gasteiger partial charge < -0.3 is 14.8 Å². The molecule has 5 nitrogen and oxygen atoms in total. The van der Waals surface area contributed by atoms with Gasteiger partial charge in [0, 0.05) is 18.2 Å². The van der Waals surface area contributed by atoms with Crippen molar-refractivity contribution in [3.05, 3.63) is 29.3 Å². The lowest BCUT2D eigenvalue weighted by Gasteiger charge is -2.12. The minimum Gasteiger partial charge on any atom is -0.493 e. The van der Waals surface area contributed by atoms with Gasteiger partial charge in [0.05, 0.1) is 13.2 Å². The molecule has 0 aliphatic rings. The zero-order valence-electron chi connectivity index (χ0n) is 18.3. The molecule has 0 aromatic heterocycles. The molecule has 0 atom stereocenters. The van der Waals surface area contributed by atoms with Gasteiger partial charge >= 0.3 is 0 Å². The molecule has 0 aliphatic carbocycles. The van der Waals surface area contributed by atoms with Crippen LogP contribution in [-0.2, 0) is 4.79 Å². The maximum atomic E-state index is 12.4. The first-order valence-corrected chi connectivity index (χ1v) is 11.0. The predicted molar refractivity (Wildman–Crippen MR) is 118 cm³/mol. The molecule has 1 aromatic rings. The fraction of sp³-hybridized carbons (Fsp3) is 0.583. The molecule has 0 saturated carbocycles. The zero-order chi connectivity index (χ0) is 21.3. The van der Waals surface area contributed by atoms with Gasteiger partial charge in [0.2, 0.25) is 0 Å². The second-order valence-electron chi connectivity index (χ2n) is 7.09. The van der Waals surface area contributed by atoms with E-state index >= 15 is 0 Å². The molecule has 0 heterocycles. The Morgan fingerprint density at radius 1 is 1.00 bits per heavy atom. The third kappa shape index (κ3) is 10.0. The lowest BCUT2D eigenvalue weighted by molar-refractivity contribution is -0.117. The van der Waals surface area contributed by atoms with E-state index in [0.717, 1.165) is 31.4 Å². The molecule has 1 rings (SSSR count). The maximum Gasteiger partial charge on any atom is 0.261 e. The summed E-state index contributed by atoms with van der Waals surface area (Å²) in [6.45, 7) is 8.06. The number of hydrogen-bond acceptors (Lipinski definition) is 4. The van der Waals surface area contributed by atoms with Crippen LogP contribution in [0.25, 0.3) is 6.08 Å². The van der Waals surface area contributed by atoms with Gasteiger partial charge in [-0.15, -0.1) is 0 Å². The summed E-state index contributed by atoms with van der Waals surface area (Å²) in [5, 5.41) is 12.3. The number of carbonyl (C=O) groups excluding carboxylic acids is 1. The van der Waals surface area contributed by atoms with E-state index in [4.69, 9.17) is 9.47 Å². The first kappa shape index (κ1) is 24.6. The fourth-order valence-corrected chi connectivity index (χ4v) is 2.79. The van der Waals surface area contributed by atoms with Gasteiger partial charge in [-0.3, -0.25) is 4.79 Å². The Kier molecular flexibility index (Phi) is 13.1. The van der Waals surface area contributed by atoms with Crippen LogP contribution in [0.15, 0.2) is 23.8 Å². The highest BCUT2D eigenvalue weighted by molar-refractivity contribution is 6.02. The Bertz CT molecular complexity index is 677. The lowest BCUT2D eigenvalue weighted by atomic mass is 10.1. The Balaban J connectivity index is 2.75. The van der Waals surface area contributed by atoms with Crippen molar-refractivity contribution in [3.63, 3.8) is 0 Å². The number of amides is 1. The third-order valence-corrected chi connectivity index (χ3v) is 4.40. The van der Waals surface area contributed by atoms with Crippen LogP contribution in [0, 0.1) is 11.3 Å². The summed E-state index contributed by atoms with van der Waals surface area (Å²) in [5.74, 6) is 1.01. The molecule has 160 valence electrons. The molecule has 1 aromatic carbocycles. The molecule has 0 fully saturated rings. The topological polar surface area (TPSA) is 71.4 Å². The SMILES string of the molecule is CCCCCCCCNC(=O)C(C#N)=Cc1ccc(OCCC)cc1OCCC. The van der Waals surface area contributed by atoms with Gasteiger partial charge in [0.1, 0.15) is 23.1 Å². The molecule has 0 spiro atoms. The highest BCUT2D eigenvalue weighted by Gasteiger charge is 2.11. The van der Waals surface area contributed by atoms with Crippen LogP contribution >= 0.6 is 0 Å². The molecule has 0 saturated heterocycles. The van der Waals surface area contributed by atoms with E-state index in [1.165, 1.54) is 25.7 Å². The zero-order valence-corrected chi connectivity index (χ0v) is 18.3. The lowest BCUT2D eigenvalue weighted by Crippen LogP contribution is -2.25. The number of rotatable bonds is 15. The van der Waals surface area contributed by atoms with Gasteiger partial charge in [0.25, 0.3) is 5.91 Å². The summed E-state index contributed by atoms with van der Waals surface area (Å²) in [5.41, 5.74) is 0.785. The largest absolute Gasteiger partial charge is 0.493 e. The Morgan fingerprint density at radius 2 is 1.69 bits per heavy atom. The van der Waals surface area contributed by atoms with Gasteiger partial charge in [-0.25, -0.2) is 0 Å². The van der Waals surface area contributed by atoms with E-state index in [2.05, 4.69) is 19.2 Å². The van der Waals surface area contributed by atoms with E-state index in [0.29, 0.717) is 31.1 Å². The summed E-state index contributed by atoms with van der Waals surface area (Å²) in [6.07, 6.45) is 10.3. The first-order valence-electron chi connectivity index (χ1n) is 11.0. The monoisotopic (exact) mass is 400 g/mol. The number of unbranched alkanes of at least 4 members (excludes halogenated alkanes) is 5. The van der Waals surface area contributed by atoms with Gasteiger partial charge in [-0.2, -0.15) is 5.26 Å². The third-order valence-electron chi connectivity index (χ3n) is 4.40. The van der Waals surface area contributed by atoms with E-state index in [-0.39, 0.29) is 11.5 Å². The van der Waals surface area contributed by atoms with Crippen molar-refractivity contribution >= 4 is 12.0 Å². The smallest absolute Gasteiger partial charge is 0.261 e. The Labute approximate surface area is 176 Å². The molecule has 1 amide bonds. The number of nitrogens with one attached hydrogen (secondary N) is 1. The van der Waals surface area contributed by atoms with Crippen LogP contribution in [-0.4, -0.2) is 25.7 Å². The van der Waals surface area contributed by atoms with E-state index in [9.17, 15) is 10.1 Å². The normalized spacial score (nSPS) is 11.0. The van der Waals surface area contributed by atoms with Crippen molar-refractivity contribution < 1.29 is 14.3 Å². The summed E-state index contributed by atoms with van der Waals surface area (Å²) in [6, 6.07) is 7.50. The van der Waals surface area contributed by atoms with Crippen LogP contribution in [0.5, 0.6) is 11.5 Å². The number of benzene rings is 1. The molecular formula is C24H36N2O3. The quantitative estimate of drug-likeness (QED) is 0.235. The standard InChI is InChI=1S/C24H36N2O3/c1-4-7-8-9-10-11-14-26-24(27)21(19-25)17-20-12-13-22(28-15-5-2)18-23(20)29-16-6-3/h12-13,17-18H,4-11,14-16H2,1-3H3,(H,26,27). The Morgan fingerprint density at radius 3 is 2.38 bits per heavy atom. The maximum absolute atomic E-state index is 12.4. The predicted octanol–water partition coefficient (Wildman–Crippen LogP) is 5.65. The minimum atomic E-state index is -0.339.